The molecule has 1 heterocycles. The van der Waals surface area contributed by atoms with E-state index < -0.39 is 5.82 Å². The quantitative estimate of drug-likeness (QED) is 0.902. The minimum atomic E-state index is -0.417. The number of hydrogen-bond acceptors (Lipinski definition) is 2. The smallest absolute Gasteiger partial charge is 0.251 e. The van der Waals surface area contributed by atoms with E-state index >= 15 is 0 Å². The molecule has 18 heavy (non-hydrogen) atoms. The van der Waals surface area contributed by atoms with Gasteiger partial charge in [0, 0.05) is 18.0 Å². The van der Waals surface area contributed by atoms with Gasteiger partial charge in [-0.05, 0) is 42.8 Å². The van der Waals surface area contributed by atoms with Crippen LogP contribution in [0.5, 0.6) is 0 Å². The Morgan fingerprint density at radius 1 is 1.28 bits per heavy atom. The number of nitrogens with one attached hydrogen (secondary N) is 1. The van der Waals surface area contributed by atoms with Gasteiger partial charge in [-0.2, -0.15) is 0 Å². The third-order valence-corrected chi connectivity index (χ3v) is 2.64. The van der Waals surface area contributed by atoms with Crippen molar-refractivity contribution in [2.45, 2.75) is 13.0 Å². The van der Waals surface area contributed by atoms with Gasteiger partial charge in [-0.1, -0.05) is 6.07 Å². The van der Waals surface area contributed by atoms with Crippen LogP contribution < -0.4 is 5.32 Å². The molecule has 92 valence electrons. The van der Waals surface area contributed by atoms with Gasteiger partial charge in [0.15, 0.2) is 0 Å². The molecule has 4 heteroatoms. The lowest BCUT2D eigenvalue weighted by molar-refractivity contribution is 0.0939. The summed E-state index contributed by atoms with van der Waals surface area (Å²) in [4.78, 5) is 15.8. The van der Waals surface area contributed by atoms with Crippen LogP contribution in [0.2, 0.25) is 0 Å². The van der Waals surface area contributed by atoms with E-state index in [0.29, 0.717) is 5.56 Å². The second-order valence-electron chi connectivity index (χ2n) is 3.99. The van der Waals surface area contributed by atoms with Crippen LogP contribution in [0.1, 0.15) is 28.9 Å². The van der Waals surface area contributed by atoms with Gasteiger partial charge < -0.3 is 5.32 Å². The molecule has 1 amide bonds. The first-order chi connectivity index (χ1) is 8.66. The molecule has 0 bridgehead atoms. The molecule has 0 aliphatic heterocycles. The van der Waals surface area contributed by atoms with E-state index in [0.717, 1.165) is 5.56 Å². The van der Waals surface area contributed by atoms with Crippen LogP contribution in [0.15, 0.2) is 48.8 Å². The van der Waals surface area contributed by atoms with Gasteiger partial charge in [0.05, 0.1) is 6.04 Å². The fraction of sp³-hybridized carbons (Fsp3) is 0.143. The summed E-state index contributed by atoms with van der Waals surface area (Å²) in [5, 5.41) is 2.81. The molecule has 3 nitrogen and oxygen atoms in total. The van der Waals surface area contributed by atoms with Crippen molar-refractivity contribution in [3.63, 3.8) is 0 Å². The first-order valence-corrected chi connectivity index (χ1v) is 5.63. The SMILES string of the molecule is CC(NC(=O)c1cccc(F)c1)c1ccncc1. The van der Waals surface area contributed by atoms with Gasteiger partial charge in [0.2, 0.25) is 0 Å². The zero-order valence-corrected chi connectivity index (χ0v) is 9.93. The first kappa shape index (κ1) is 12.2. The van der Waals surface area contributed by atoms with Crippen molar-refractivity contribution in [3.8, 4) is 0 Å². The number of rotatable bonds is 3. The maximum Gasteiger partial charge on any atom is 0.251 e. The van der Waals surface area contributed by atoms with Crippen LogP contribution >= 0.6 is 0 Å². The Bertz CT molecular complexity index is 543. The fourth-order valence-corrected chi connectivity index (χ4v) is 1.65. The van der Waals surface area contributed by atoms with Crippen molar-refractivity contribution in [3.05, 3.63) is 65.7 Å². The van der Waals surface area contributed by atoms with Crippen LogP contribution in [0.4, 0.5) is 4.39 Å². The number of carbonyl (C=O) groups is 1. The largest absolute Gasteiger partial charge is 0.346 e. The summed E-state index contributed by atoms with van der Waals surface area (Å²) in [7, 11) is 0. The van der Waals surface area contributed by atoms with Crippen molar-refractivity contribution in [2.75, 3.05) is 0 Å². The van der Waals surface area contributed by atoms with E-state index in [1.165, 1.54) is 18.2 Å². The van der Waals surface area contributed by atoms with E-state index in [1.807, 2.05) is 19.1 Å². The average Bonchev–Trinajstić information content (AvgIpc) is 2.39. The summed E-state index contributed by atoms with van der Waals surface area (Å²) >= 11 is 0. The summed E-state index contributed by atoms with van der Waals surface area (Å²) in [5.41, 5.74) is 1.27. The van der Waals surface area contributed by atoms with Crippen LogP contribution in [-0.4, -0.2) is 10.9 Å². The van der Waals surface area contributed by atoms with Crippen LogP contribution in [0.3, 0.4) is 0 Å². The van der Waals surface area contributed by atoms with Crippen molar-refractivity contribution in [1.29, 1.82) is 0 Å². The van der Waals surface area contributed by atoms with E-state index in [9.17, 15) is 9.18 Å². The van der Waals surface area contributed by atoms with Gasteiger partial charge in [-0.3, -0.25) is 9.78 Å². The summed E-state index contributed by atoms with van der Waals surface area (Å²) in [6.45, 7) is 1.87. The lowest BCUT2D eigenvalue weighted by Gasteiger charge is -2.14. The highest BCUT2D eigenvalue weighted by molar-refractivity contribution is 5.94. The molecule has 0 aliphatic rings. The highest BCUT2D eigenvalue weighted by atomic mass is 19.1. The van der Waals surface area contributed by atoms with Gasteiger partial charge in [-0.15, -0.1) is 0 Å². The Morgan fingerprint density at radius 2 is 2.00 bits per heavy atom. The normalized spacial score (nSPS) is 11.9. The Kier molecular flexibility index (Phi) is 3.67. The number of benzene rings is 1. The molecule has 0 spiro atoms. The molecule has 0 saturated heterocycles. The Morgan fingerprint density at radius 3 is 2.67 bits per heavy atom. The van der Waals surface area contributed by atoms with E-state index in [1.54, 1.807) is 18.5 Å². The van der Waals surface area contributed by atoms with Crippen molar-refractivity contribution < 1.29 is 9.18 Å². The van der Waals surface area contributed by atoms with Crippen LogP contribution in [0.25, 0.3) is 0 Å². The van der Waals surface area contributed by atoms with Gasteiger partial charge >= 0.3 is 0 Å². The third kappa shape index (κ3) is 2.91. The number of carbonyl (C=O) groups excluding carboxylic acids is 1. The summed E-state index contributed by atoms with van der Waals surface area (Å²) in [6, 6.07) is 9.13. The van der Waals surface area contributed by atoms with Crippen molar-refractivity contribution in [2.24, 2.45) is 0 Å². The highest BCUT2D eigenvalue weighted by Crippen LogP contribution is 2.12. The number of amides is 1. The number of nitrogens with zero attached hydrogens (tertiary/aromatic N) is 1. The number of pyridine rings is 1. The lowest BCUT2D eigenvalue weighted by Crippen LogP contribution is -2.26. The topological polar surface area (TPSA) is 42.0 Å². The first-order valence-electron chi connectivity index (χ1n) is 5.63. The minimum Gasteiger partial charge on any atom is -0.346 e. The maximum absolute atomic E-state index is 13.0. The molecule has 0 radical (unpaired) electrons. The van der Waals surface area contributed by atoms with E-state index in [4.69, 9.17) is 0 Å². The second kappa shape index (κ2) is 5.40. The standard InChI is InChI=1S/C14H13FN2O/c1-10(11-5-7-16-8-6-11)17-14(18)12-3-2-4-13(15)9-12/h2-10H,1H3,(H,17,18). The zero-order chi connectivity index (χ0) is 13.0. The van der Waals surface area contributed by atoms with Gasteiger partial charge in [-0.25, -0.2) is 4.39 Å². The Hall–Kier alpha value is -2.23. The average molecular weight is 244 g/mol. The molecular formula is C14H13FN2O. The minimum absolute atomic E-state index is 0.149. The molecule has 0 fully saturated rings. The molecule has 1 N–H and O–H groups in total. The highest BCUT2D eigenvalue weighted by Gasteiger charge is 2.11. The Balaban J connectivity index is 2.08. The molecule has 2 aromatic rings. The molecular weight excluding hydrogens is 231 g/mol. The number of halogens is 1. The lowest BCUT2D eigenvalue weighted by atomic mass is 10.1. The molecule has 1 unspecified atom stereocenters. The zero-order valence-electron chi connectivity index (χ0n) is 9.93. The Labute approximate surface area is 105 Å². The predicted molar refractivity (Wildman–Crippen MR) is 66.5 cm³/mol. The molecule has 0 saturated carbocycles. The van der Waals surface area contributed by atoms with E-state index in [2.05, 4.69) is 10.3 Å². The number of aromatic nitrogens is 1. The number of hydrogen-bond donors (Lipinski definition) is 1. The molecule has 2 rings (SSSR count). The molecule has 1 aromatic carbocycles. The van der Waals surface area contributed by atoms with Crippen molar-refractivity contribution in [1.82, 2.24) is 10.3 Å². The monoisotopic (exact) mass is 244 g/mol. The predicted octanol–water partition coefficient (Wildman–Crippen LogP) is 2.71. The maximum atomic E-state index is 13.0. The summed E-state index contributed by atoms with van der Waals surface area (Å²) < 4.78 is 13.0. The van der Waals surface area contributed by atoms with Crippen molar-refractivity contribution >= 4 is 5.91 Å². The molecule has 0 aliphatic carbocycles. The summed E-state index contributed by atoms with van der Waals surface area (Å²) in [6.07, 6.45) is 3.33. The second-order valence-corrected chi connectivity index (χ2v) is 3.99. The van der Waals surface area contributed by atoms with Crippen LogP contribution in [0, 0.1) is 5.82 Å². The summed E-state index contributed by atoms with van der Waals surface area (Å²) in [5.74, 6) is -0.710. The molecule has 1 atom stereocenters. The van der Waals surface area contributed by atoms with E-state index in [-0.39, 0.29) is 11.9 Å². The van der Waals surface area contributed by atoms with Gasteiger partial charge in [0.25, 0.3) is 5.91 Å². The fourth-order valence-electron chi connectivity index (χ4n) is 1.65. The van der Waals surface area contributed by atoms with Gasteiger partial charge in [0.1, 0.15) is 5.82 Å². The van der Waals surface area contributed by atoms with Crippen LogP contribution in [-0.2, 0) is 0 Å². The third-order valence-electron chi connectivity index (χ3n) is 2.64. The molecule has 1 aromatic heterocycles.